The Morgan fingerprint density at radius 2 is 1.43 bits per heavy atom. The summed E-state index contributed by atoms with van der Waals surface area (Å²) < 4.78 is 0. The van der Waals surface area contributed by atoms with Gasteiger partial charge in [-0.05, 0) is 62.8 Å². The van der Waals surface area contributed by atoms with Crippen LogP contribution in [0.4, 0.5) is 11.4 Å². The molecule has 0 N–H and O–H groups in total. The number of para-hydroxylation sites is 2. The van der Waals surface area contributed by atoms with Crippen molar-refractivity contribution in [2.75, 3.05) is 9.80 Å². The van der Waals surface area contributed by atoms with Crippen LogP contribution in [-0.2, 0) is 5.41 Å². The molecule has 0 aromatic heterocycles. The second-order valence-electron chi connectivity index (χ2n) is 10.9. The molecular formula is C28H36N2. The Labute approximate surface area is 182 Å². The summed E-state index contributed by atoms with van der Waals surface area (Å²) in [6.07, 6.45) is 5.72. The molecule has 0 saturated heterocycles. The van der Waals surface area contributed by atoms with E-state index in [-0.39, 0.29) is 17.0 Å². The van der Waals surface area contributed by atoms with Gasteiger partial charge in [-0.15, -0.1) is 0 Å². The molecule has 0 radical (unpaired) electrons. The Hall–Kier alpha value is -2.22. The molecule has 3 aliphatic rings. The van der Waals surface area contributed by atoms with E-state index in [2.05, 4.69) is 99.9 Å². The first-order chi connectivity index (χ1) is 14.3. The van der Waals surface area contributed by atoms with Gasteiger partial charge in [0.25, 0.3) is 0 Å². The molecule has 2 heterocycles. The number of allylic oxidation sites excluding steroid dienone is 2. The predicted molar refractivity (Wildman–Crippen MR) is 128 cm³/mol. The first kappa shape index (κ1) is 19.7. The van der Waals surface area contributed by atoms with Gasteiger partial charge in [0, 0.05) is 27.9 Å². The van der Waals surface area contributed by atoms with Crippen LogP contribution < -0.4 is 9.80 Å². The second kappa shape index (κ2) is 6.64. The largest absolute Gasteiger partial charge is 0.322 e. The quantitative estimate of drug-likeness (QED) is 0.518. The first-order valence-electron chi connectivity index (χ1n) is 11.7. The second-order valence-corrected chi connectivity index (χ2v) is 10.9. The summed E-state index contributed by atoms with van der Waals surface area (Å²) in [4.78, 5) is 5.36. The maximum Gasteiger partial charge on any atom is 0.115 e. The lowest BCUT2D eigenvalue weighted by Crippen LogP contribution is -2.49. The summed E-state index contributed by atoms with van der Waals surface area (Å²) in [6.45, 7) is 14.4. The lowest BCUT2D eigenvalue weighted by atomic mass is 9.70. The number of rotatable bonds is 2. The molecule has 0 bridgehead atoms. The summed E-state index contributed by atoms with van der Waals surface area (Å²) in [5.41, 5.74) is 8.86. The van der Waals surface area contributed by atoms with E-state index in [4.69, 9.17) is 0 Å². The maximum atomic E-state index is 2.72. The van der Waals surface area contributed by atoms with Crippen molar-refractivity contribution in [3.8, 4) is 0 Å². The van der Waals surface area contributed by atoms with Crippen molar-refractivity contribution in [3.63, 3.8) is 0 Å². The van der Waals surface area contributed by atoms with E-state index in [1.807, 2.05) is 0 Å². The van der Waals surface area contributed by atoms with Crippen LogP contribution in [-0.4, -0.2) is 6.17 Å². The highest BCUT2D eigenvalue weighted by atomic mass is 15.4. The number of fused-ring (bicyclic) bond motifs is 3. The highest BCUT2D eigenvalue weighted by Crippen LogP contribution is 2.61. The SMILES string of the molecule is CC1=C2N(c3ccccc3C2(C)C2CCCC2)C(C(C)(C)C)N1c1ccccc1C. The van der Waals surface area contributed by atoms with Crippen molar-refractivity contribution in [1.29, 1.82) is 0 Å². The Balaban J connectivity index is 1.79. The first-order valence-corrected chi connectivity index (χ1v) is 11.7. The molecule has 2 heteroatoms. The monoisotopic (exact) mass is 400 g/mol. The minimum absolute atomic E-state index is 0.0953. The van der Waals surface area contributed by atoms with Crippen LogP contribution in [0.15, 0.2) is 59.9 Å². The lowest BCUT2D eigenvalue weighted by Gasteiger charge is -2.42. The normalized spacial score (nSPS) is 26.5. The molecular weight excluding hydrogens is 364 g/mol. The number of benzene rings is 2. The fourth-order valence-corrected chi connectivity index (χ4v) is 6.68. The third-order valence-corrected chi connectivity index (χ3v) is 7.97. The standard InChI is InChI=1S/C28H36N2/c1-19-13-7-11-17-23(19)29-20(2)25-28(6,21-14-8-9-15-21)22-16-10-12-18-24(22)30(25)26(29)27(3,4)5/h7,10-13,16-18,21,26H,8-9,14-15H2,1-6H3. The zero-order valence-electron chi connectivity index (χ0n) is 19.5. The summed E-state index contributed by atoms with van der Waals surface area (Å²) in [5.74, 6) is 0.728. The van der Waals surface area contributed by atoms with Gasteiger partial charge in [0.1, 0.15) is 6.17 Å². The van der Waals surface area contributed by atoms with Gasteiger partial charge in [-0.1, -0.05) is 70.0 Å². The van der Waals surface area contributed by atoms with Crippen molar-refractivity contribution in [1.82, 2.24) is 0 Å². The smallest absolute Gasteiger partial charge is 0.115 e. The average Bonchev–Trinajstić information content (AvgIpc) is 3.39. The number of hydrogen-bond acceptors (Lipinski definition) is 2. The van der Waals surface area contributed by atoms with Crippen molar-refractivity contribution < 1.29 is 0 Å². The Kier molecular flexibility index (Phi) is 4.36. The van der Waals surface area contributed by atoms with Crippen LogP contribution in [0.3, 0.4) is 0 Å². The Morgan fingerprint density at radius 1 is 0.833 bits per heavy atom. The highest BCUT2D eigenvalue weighted by molar-refractivity contribution is 5.79. The molecule has 1 aliphatic carbocycles. The molecule has 2 unspecified atom stereocenters. The topological polar surface area (TPSA) is 6.48 Å². The molecule has 1 saturated carbocycles. The van der Waals surface area contributed by atoms with Gasteiger partial charge < -0.3 is 9.80 Å². The van der Waals surface area contributed by atoms with Crippen LogP contribution in [0.1, 0.15) is 71.4 Å². The molecule has 2 aliphatic heterocycles. The van der Waals surface area contributed by atoms with Gasteiger partial charge in [0.05, 0.1) is 5.70 Å². The average molecular weight is 401 g/mol. The van der Waals surface area contributed by atoms with Crippen LogP contribution in [0.5, 0.6) is 0 Å². The molecule has 2 aromatic rings. The van der Waals surface area contributed by atoms with Gasteiger partial charge in [0.15, 0.2) is 0 Å². The molecule has 5 rings (SSSR count). The molecule has 1 fully saturated rings. The zero-order valence-corrected chi connectivity index (χ0v) is 19.5. The van der Waals surface area contributed by atoms with E-state index in [9.17, 15) is 0 Å². The number of aryl methyl sites for hydroxylation is 1. The number of hydrogen-bond donors (Lipinski definition) is 0. The third kappa shape index (κ3) is 2.55. The highest BCUT2D eigenvalue weighted by Gasteiger charge is 2.58. The number of nitrogens with zero attached hydrogens (tertiary/aromatic N) is 2. The van der Waals surface area contributed by atoms with E-state index >= 15 is 0 Å². The summed E-state index contributed by atoms with van der Waals surface area (Å²) in [7, 11) is 0. The summed E-state index contributed by atoms with van der Waals surface area (Å²) in [5, 5.41) is 0. The van der Waals surface area contributed by atoms with Crippen LogP contribution >= 0.6 is 0 Å². The van der Waals surface area contributed by atoms with Gasteiger partial charge in [-0.2, -0.15) is 0 Å². The van der Waals surface area contributed by atoms with E-state index in [1.54, 1.807) is 11.3 Å². The van der Waals surface area contributed by atoms with Crippen molar-refractivity contribution in [2.45, 2.75) is 78.8 Å². The maximum absolute atomic E-state index is 2.72. The fraction of sp³-hybridized carbons (Fsp3) is 0.500. The van der Waals surface area contributed by atoms with Gasteiger partial charge in [0.2, 0.25) is 0 Å². The van der Waals surface area contributed by atoms with Crippen LogP contribution in [0.2, 0.25) is 0 Å². The van der Waals surface area contributed by atoms with Gasteiger partial charge in [-0.3, -0.25) is 0 Å². The van der Waals surface area contributed by atoms with E-state index in [0.717, 1.165) is 5.92 Å². The van der Waals surface area contributed by atoms with E-state index in [0.29, 0.717) is 0 Å². The molecule has 30 heavy (non-hydrogen) atoms. The minimum Gasteiger partial charge on any atom is -0.322 e. The van der Waals surface area contributed by atoms with Gasteiger partial charge in [-0.25, -0.2) is 0 Å². The van der Waals surface area contributed by atoms with Crippen molar-refractivity contribution in [2.24, 2.45) is 11.3 Å². The summed E-state index contributed by atoms with van der Waals surface area (Å²) in [6, 6.07) is 18.1. The number of anilines is 2. The van der Waals surface area contributed by atoms with Crippen LogP contribution in [0.25, 0.3) is 0 Å². The molecule has 158 valence electrons. The lowest BCUT2D eigenvalue weighted by molar-refractivity contribution is 0.314. The fourth-order valence-electron chi connectivity index (χ4n) is 6.68. The summed E-state index contributed by atoms with van der Waals surface area (Å²) >= 11 is 0. The van der Waals surface area contributed by atoms with E-state index < -0.39 is 0 Å². The van der Waals surface area contributed by atoms with E-state index in [1.165, 1.54) is 48.3 Å². The minimum atomic E-state index is 0.0953. The van der Waals surface area contributed by atoms with Crippen LogP contribution in [0, 0.1) is 18.3 Å². The van der Waals surface area contributed by atoms with Gasteiger partial charge >= 0.3 is 0 Å². The zero-order chi connectivity index (χ0) is 21.3. The Morgan fingerprint density at radius 3 is 2.07 bits per heavy atom. The van der Waals surface area contributed by atoms with Crippen molar-refractivity contribution in [3.05, 3.63) is 71.1 Å². The molecule has 2 atom stereocenters. The molecule has 0 amide bonds. The predicted octanol–water partition coefficient (Wildman–Crippen LogP) is 7.39. The van der Waals surface area contributed by atoms with Crippen molar-refractivity contribution >= 4 is 11.4 Å². The Bertz CT molecular complexity index is 1010. The molecule has 0 spiro atoms. The molecule has 2 aromatic carbocycles. The molecule has 2 nitrogen and oxygen atoms in total. The third-order valence-electron chi connectivity index (χ3n) is 7.97.